The van der Waals surface area contributed by atoms with Gasteiger partial charge in [0.05, 0.1) is 24.2 Å². The van der Waals surface area contributed by atoms with Gasteiger partial charge >= 0.3 is 6.03 Å². The topological polar surface area (TPSA) is 113 Å². The number of nitrogens with zero attached hydrogens (tertiary/aromatic N) is 3. The third-order valence-corrected chi connectivity index (χ3v) is 13.5. The van der Waals surface area contributed by atoms with Gasteiger partial charge in [0.2, 0.25) is 0 Å². The molecule has 2 aliphatic carbocycles. The number of halogens is 1. The molecule has 3 amide bonds. The highest BCUT2D eigenvalue weighted by atomic mass is 35.5. The van der Waals surface area contributed by atoms with Gasteiger partial charge in [0, 0.05) is 55.3 Å². The van der Waals surface area contributed by atoms with E-state index in [9.17, 15) is 13.8 Å². The number of rotatable bonds is 3. The Hall–Kier alpha value is -3.12. The smallest absolute Gasteiger partial charge is 0.329 e. The predicted octanol–water partition coefficient (Wildman–Crippen LogP) is 5.59. The Bertz CT molecular complexity index is 1750. The molecule has 2 aromatic rings. The first kappa shape index (κ1) is 34.3. The van der Waals surface area contributed by atoms with Crippen molar-refractivity contribution in [2.75, 3.05) is 57.6 Å². The third kappa shape index (κ3) is 6.96. The van der Waals surface area contributed by atoms with Gasteiger partial charge in [-0.15, -0.1) is 4.36 Å². The maximum atomic E-state index is 14.4. The van der Waals surface area contributed by atoms with Gasteiger partial charge in [0.25, 0.3) is 5.91 Å². The summed E-state index contributed by atoms with van der Waals surface area (Å²) in [6, 6.07) is 11.4. The van der Waals surface area contributed by atoms with E-state index in [-0.39, 0.29) is 29.2 Å². The van der Waals surface area contributed by atoms with E-state index in [1.807, 2.05) is 32.2 Å². The summed E-state index contributed by atoms with van der Waals surface area (Å²) >= 11 is 6.45. The van der Waals surface area contributed by atoms with Crippen molar-refractivity contribution in [3.8, 4) is 5.75 Å². The predicted molar refractivity (Wildman–Crippen MR) is 193 cm³/mol. The molecule has 2 fully saturated rings. The Balaban J connectivity index is 1.28. The monoisotopic (exact) mass is 709 g/mol. The summed E-state index contributed by atoms with van der Waals surface area (Å²) < 4.78 is 34.1. The van der Waals surface area contributed by atoms with Crippen molar-refractivity contribution >= 4 is 39.1 Å². The number of carbonyl (C=O) groups is 2. The average Bonchev–Trinajstić information content (AvgIpc) is 3.18. The number of anilines is 1. The molecule has 1 saturated heterocycles. The summed E-state index contributed by atoms with van der Waals surface area (Å²) in [7, 11) is 0.175. The van der Waals surface area contributed by atoms with Gasteiger partial charge in [0.1, 0.15) is 15.7 Å². The molecule has 2 aromatic carbocycles. The van der Waals surface area contributed by atoms with Gasteiger partial charge in [-0.05, 0) is 105 Å². The average molecular weight is 710 g/mol. The van der Waals surface area contributed by atoms with Crippen LogP contribution in [-0.2, 0) is 26.5 Å². The van der Waals surface area contributed by atoms with Gasteiger partial charge < -0.3 is 24.6 Å². The number of allylic oxidation sites excluding steroid dienone is 1. The van der Waals surface area contributed by atoms with Crippen LogP contribution in [0.2, 0.25) is 5.02 Å². The lowest BCUT2D eigenvalue weighted by Crippen LogP contribution is -2.61. The van der Waals surface area contributed by atoms with E-state index in [4.69, 9.17) is 21.1 Å². The van der Waals surface area contributed by atoms with Gasteiger partial charge in [0.15, 0.2) is 0 Å². The first-order valence-corrected chi connectivity index (χ1v) is 19.7. The Morgan fingerprint density at radius 3 is 2.76 bits per heavy atom. The minimum atomic E-state index is -3.44. The number of urea groups is 1. The Morgan fingerprint density at radius 2 is 2.00 bits per heavy atom. The fourth-order valence-corrected chi connectivity index (χ4v) is 10.5. The van der Waals surface area contributed by atoms with E-state index < -0.39 is 21.9 Å². The molecular weight excluding hydrogens is 662 g/mol. The standard InChI is InChI=1S/C37H48ClN5O5S/c1-24-6-4-8-33(47-3)30-12-9-27(30)18-43-22-37(15-5-7-25-16-28(38)11-13-31(25)37)23-48-34-14-10-26(17-32(34)43)35(44)40-49(46,21-24)41-36(45)42-19-29(20-42)39-2/h4,8,10-11,13-14,16-17,24,27,29-30,33,39H,5-7,9,12,15,18-23H2,1-3H3,(H,40,41,44,45,46)/b8-4-/t24-,27-,30+,33-,37-,49?/m0/s1. The molecule has 10 nitrogen and oxygen atoms in total. The largest absolute Gasteiger partial charge is 0.490 e. The zero-order valence-corrected chi connectivity index (χ0v) is 30.2. The molecule has 5 aliphatic rings. The molecule has 12 heteroatoms. The van der Waals surface area contributed by atoms with Crippen molar-refractivity contribution in [3.05, 3.63) is 70.3 Å². The second kappa shape index (κ2) is 13.9. The molecule has 0 radical (unpaired) electrons. The quantitative estimate of drug-likeness (QED) is 0.400. The molecule has 1 spiro atoms. The summed E-state index contributed by atoms with van der Waals surface area (Å²) in [6.07, 6.45) is 10.00. The van der Waals surface area contributed by atoms with Gasteiger partial charge in [-0.3, -0.25) is 9.52 Å². The number of ether oxygens (including phenoxy) is 2. The van der Waals surface area contributed by atoms with Crippen molar-refractivity contribution in [2.24, 2.45) is 22.1 Å². The number of methoxy groups -OCH3 is 1. The molecule has 2 N–H and O–H groups in total. The van der Waals surface area contributed by atoms with Gasteiger partial charge in [-0.1, -0.05) is 36.7 Å². The highest BCUT2D eigenvalue weighted by Gasteiger charge is 2.44. The number of nitrogens with one attached hydrogen (secondary N) is 2. The molecule has 264 valence electrons. The molecule has 0 aromatic heterocycles. The van der Waals surface area contributed by atoms with Crippen LogP contribution < -0.4 is 19.7 Å². The number of hydrogen-bond acceptors (Lipinski definition) is 7. The van der Waals surface area contributed by atoms with E-state index in [0.29, 0.717) is 49.3 Å². The molecule has 7 rings (SSSR count). The number of likely N-dealkylation sites (tertiary alicyclic amines) is 1. The van der Waals surface area contributed by atoms with Crippen LogP contribution in [0.1, 0.15) is 60.5 Å². The highest BCUT2D eigenvalue weighted by molar-refractivity contribution is 7.92. The highest BCUT2D eigenvalue weighted by Crippen LogP contribution is 2.47. The molecule has 1 saturated carbocycles. The van der Waals surface area contributed by atoms with Crippen LogP contribution in [0.3, 0.4) is 0 Å². The Kier molecular flexibility index (Phi) is 9.73. The van der Waals surface area contributed by atoms with Crippen LogP contribution in [0.4, 0.5) is 10.5 Å². The van der Waals surface area contributed by atoms with E-state index in [1.54, 1.807) is 18.1 Å². The number of fused-ring (bicyclic) bond motifs is 4. The van der Waals surface area contributed by atoms with Crippen LogP contribution in [0.15, 0.2) is 52.9 Å². The summed E-state index contributed by atoms with van der Waals surface area (Å²) in [4.78, 5) is 31.1. The lowest BCUT2D eigenvalue weighted by Gasteiger charge is -2.46. The SMILES string of the molecule is CNC1CN(C(=O)NS2(=O)=NC(=O)c3ccc4c(c3)N(C[C@@H]3CC[C@H]3[C@@H](OC)/C=C\C[C@H](C)C2)C[C@@]2(CCCc3cc(Cl)ccc32)CO4)C1. The van der Waals surface area contributed by atoms with Crippen LogP contribution in [-0.4, -0.2) is 85.9 Å². The zero-order valence-electron chi connectivity index (χ0n) is 28.7. The third-order valence-electron chi connectivity index (χ3n) is 11.3. The lowest BCUT2D eigenvalue weighted by atomic mass is 9.68. The molecule has 6 atom stereocenters. The van der Waals surface area contributed by atoms with Crippen LogP contribution in [0, 0.1) is 17.8 Å². The Morgan fingerprint density at radius 1 is 1.16 bits per heavy atom. The van der Waals surface area contributed by atoms with Crippen LogP contribution >= 0.6 is 11.6 Å². The van der Waals surface area contributed by atoms with Crippen molar-refractivity contribution in [1.29, 1.82) is 0 Å². The van der Waals surface area contributed by atoms with Crippen LogP contribution in [0.25, 0.3) is 0 Å². The fraction of sp³-hybridized carbons (Fsp3) is 0.568. The molecule has 2 bridgehead atoms. The van der Waals surface area contributed by atoms with Gasteiger partial charge in [-0.2, -0.15) is 0 Å². The summed E-state index contributed by atoms with van der Waals surface area (Å²) in [5, 5.41) is 3.89. The number of hydrogen-bond donors (Lipinski definition) is 2. The van der Waals surface area contributed by atoms with Crippen molar-refractivity contribution < 1.29 is 23.3 Å². The second-order valence-corrected chi connectivity index (χ2v) is 17.2. The summed E-state index contributed by atoms with van der Waals surface area (Å²) in [5.74, 6) is 0.801. The second-order valence-electron chi connectivity index (χ2n) is 14.8. The molecule has 1 unspecified atom stereocenters. The molecule has 49 heavy (non-hydrogen) atoms. The van der Waals surface area contributed by atoms with E-state index in [0.717, 1.165) is 55.9 Å². The summed E-state index contributed by atoms with van der Waals surface area (Å²) in [6.45, 7) is 5.02. The minimum absolute atomic E-state index is 0.0405. The van der Waals surface area contributed by atoms with Crippen molar-refractivity contribution in [1.82, 2.24) is 14.9 Å². The first-order valence-electron chi connectivity index (χ1n) is 17.6. The van der Waals surface area contributed by atoms with E-state index in [1.165, 1.54) is 11.1 Å². The normalized spacial score (nSPS) is 32.4. The summed E-state index contributed by atoms with van der Waals surface area (Å²) in [5.41, 5.74) is 3.47. The number of carbonyl (C=O) groups excluding carboxylic acids is 2. The number of amides is 3. The zero-order chi connectivity index (χ0) is 34.3. The molecular formula is C37H48ClN5O5S. The maximum absolute atomic E-state index is 14.4. The fourth-order valence-electron chi connectivity index (χ4n) is 8.40. The van der Waals surface area contributed by atoms with E-state index >= 15 is 0 Å². The number of aryl methyl sites for hydroxylation is 1. The number of benzene rings is 2. The van der Waals surface area contributed by atoms with E-state index in [2.05, 4.69) is 43.6 Å². The lowest BCUT2D eigenvalue weighted by molar-refractivity contribution is 0.0131. The first-order chi connectivity index (χ1) is 23.6. The van der Waals surface area contributed by atoms with Crippen molar-refractivity contribution in [2.45, 2.75) is 63.0 Å². The maximum Gasteiger partial charge on any atom is 0.329 e. The molecule has 3 aliphatic heterocycles. The Labute approximate surface area is 295 Å². The van der Waals surface area contributed by atoms with Crippen molar-refractivity contribution in [3.63, 3.8) is 0 Å². The van der Waals surface area contributed by atoms with Crippen LogP contribution in [0.5, 0.6) is 5.75 Å². The minimum Gasteiger partial charge on any atom is -0.490 e. The number of likely N-dealkylation sites (N-methyl/N-ethyl adjacent to an activating group) is 1. The van der Waals surface area contributed by atoms with Gasteiger partial charge in [-0.25, -0.2) is 9.00 Å². The molecule has 3 heterocycles.